The number of carboxylic acids is 1. The van der Waals surface area contributed by atoms with Gasteiger partial charge in [0.05, 0.1) is 5.56 Å². The first-order valence-electron chi connectivity index (χ1n) is 4.84. The van der Waals surface area contributed by atoms with Crippen LogP contribution < -0.4 is 5.73 Å². The molecule has 0 aromatic heterocycles. The smallest absolute Gasteiger partial charge is 0.336 e. The summed E-state index contributed by atoms with van der Waals surface area (Å²) in [5.74, 6) is -0.902. The molecule has 0 aliphatic carbocycles. The van der Waals surface area contributed by atoms with Gasteiger partial charge in [0.1, 0.15) is 0 Å². The van der Waals surface area contributed by atoms with Crippen LogP contribution in [-0.4, -0.2) is 16.3 Å². The molecule has 0 aliphatic heterocycles. The Morgan fingerprint density at radius 1 is 1.60 bits per heavy atom. The first-order valence-corrected chi connectivity index (χ1v) is 5.72. The van der Waals surface area contributed by atoms with Gasteiger partial charge in [-0.1, -0.05) is 13.8 Å². The van der Waals surface area contributed by atoms with Gasteiger partial charge in [0.15, 0.2) is 0 Å². The van der Waals surface area contributed by atoms with Crippen LogP contribution in [0, 0.1) is 0 Å². The summed E-state index contributed by atoms with van der Waals surface area (Å²) in [6, 6.07) is 4.90. The lowest BCUT2D eigenvalue weighted by atomic mass is 10.2. The van der Waals surface area contributed by atoms with Gasteiger partial charge in [-0.05, 0) is 24.6 Å². The van der Waals surface area contributed by atoms with E-state index in [0.29, 0.717) is 16.5 Å². The number of carbonyl (C=O) groups is 1. The third kappa shape index (κ3) is 3.16. The molecule has 0 fully saturated rings. The van der Waals surface area contributed by atoms with Crippen LogP contribution in [0.2, 0.25) is 0 Å². The zero-order valence-electron chi connectivity index (χ0n) is 8.86. The van der Waals surface area contributed by atoms with Crippen molar-refractivity contribution in [3.8, 4) is 0 Å². The maximum absolute atomic E-state index is 10.9. The van der Waals surface area contributed by atoms with E-state index in [-0.39, 0.29) is 0 Å². The number of thioether (sulfide) groups is 1. The van der Waals surface area contributed by atoms with E-state index in [1.165, 1.54) is 0 Å². The highest BCUT2D eigenvalue weighted by molar-refractivity contribution is 8.00. The predicted octanol–water partition coefficient (Wildman–Crippen LogP) is 2.86. The van der Waals surface area contributed by atoms with Crippen molar-refractivity contribution in [3.05, 3.63) is 23.8 Å². The molecule has 0 heterocycles. The number of carboxylic acid groups (broad SMARTS) is 1. The minimum absolute atomic E-state index is 0.328. The summed E-state index contributed by atoms with van der Waals surface area (Å²) >= 11 is 1.55. The Bertz CT molecular complexity index is 366. The molecule has 1 aromatic rings. The Labute approximate surface area is 93.7 Å². The summed E-state index contributed by atoms with van der Waals surface area (Å²) in [7, 11) is 0. The van der Waals surface area contributed by atoms with Crippen molar-refractivity contribution in [1.82, 2.24) is 0 Å². The van der Waals surface area contributed by atoms with Crippen molar-refractivity contribution in [2.45, 2.75) is 30.4 Å². The maximum atomic E-state index is 10.9. The highest BCUT2D eigenvalue weighted by atomic mass is 32.2. The summed E-state index contributed by atoms with van der Waals surface area (Å²) in [5, 5.41) is 9.38. The second-order valence-electron chi connectivity index (χ2n) is 3.40. The predicted molar refractivity (Wildman–Crippen MR) is 63.4 cm³/mol. The fourth-order valence-corrected chi connectivity index (χ4v) is 2.20. The number of anilines is 1. The van der Waals surface area contributed by atoms with Crippen LogP contribution in [0.3, 0.4) is 0 Å². The van der Waals surface area contributed by atoms with Gasteiger partial charge >= 0.3 is 5.97 Å². The van der Waals surface area contributed by atoms with E-state index in [9.17, 15) is 4.79 Å². The molecule has 82 valence electrons. The van der Waals surface area contributed by atoms with E-state index >= 15 is 0 Å². The lowest BCUT2D eigenvalue weighted by Crippen LogP contribution is -2.02. The average Bonchev–Trinajstić information content (AvgIpc) is 2.17. The molecule has 0 saturated heterocycles. The molecule has 1 unspecified atom stereocenters. The van der Waals surface area contributed by atoms with Gasteiger partial charge in [-0.25, -0.2) is 4.79 Å². The molecular formula is C11H15NO2S. The fraction of sp³-hybridized carbons (Fsp3) is 0.364. The van der Waals surface area contributed by atoms with E-state index in [4.69, 9.17) is 10.8 Å². The summed E-state index contributed by atoms with van der Waals surface area (Å²) in [5.41, 5.74) is 6.57. The Kier molecular flexibility index (Phi) is 4.03. The largest absolute Gasteiger partial charge is 0.478 e. The van der Waals surface area contributed by atoms with E-state index < -0.39 is 5.97 Å². The van der Waals surface area contributed by atoms with Crippen LogP contribution >= 0.6 is 11.8 Å². The van der Waals surface area contributed by atoms with E-state index in [0.717, 1.165) is 11.3 Å². The van der Waals surface area contributed by atoms with Crippen LogP contribution in [0.4, 0.5) is 5.69 Å². The van der Waals surface area contributed by atoms with E-state index in [1.54, 1.807) is 30.0 Å². The standard InChI is InChI=1S/C11H15NO2S/c1-3-7(2)15-10-6-8(12)4-5-9(10)11(13)14/h4-7H,3,12H2,1-2H3,(H,13,14). The van der Waals surface area contributed by atoms with Gasteiger partial charge in [-0.3, -0.25) is 0 Å². The Hall–Kier alpha value is -1.16. The summed E-state index contributed by atoms with van der Waals surface area (Å²) in [6.07, 6.45) is 0.999. The number of aromatic carboxylic acids is 1. The number of nitrogen functional groups attached to an aromatic ring is 1. The van der Waals surface area contributed by atoms with Crippen molar-refractivity contribution in [2.75, 3.05) is 5.73 Å². The number of rotatable bonds is 4. The van der Waals surface area contributed by atoms with Gasteiger partial charge in [0.2, 0.25) is 0 Å². The summed E-state index contributed by atoms with van der Waals surface area (Å²) in [6.45, 7) is 4.14. The van der Waals surface area contributed by atoms with Gasteiger partial charge in [0.25, 0.3) is 0 Å². The molecule has 1 atom stereocenters. The van der Waals surface area contributed by atoms with E-state index in [1.807, 2.05) is 0 Å². The second kappa shape index (κ2) is 5.07. The third-order valence-electron chi connectivity index (χ3n) is 2.14. The number of hydrogen-bond donors (Lipinski definition) is 2. The average molecular weight is 225 g/mol. The van der Waals surface area contributed by atoms with Crippen molar-refractivity contribution in [3.63, 3.8) is 0 Å². The van der Waals surface area contributed by atoms with Crippen LogP contribution in [0.1, 0.15) is 30.6 Å². The zero-order valence-corrected chi connectivity index (χ0v) is 9.67. The molecule has 0 saturated carbocycles. The molecule has 0 aliphatic rings. The normalized spacial score (nSPS) is 12.4. The highest BCUT2D eigenvalue weighted by Gasteiger charge is 2.12. The van der Waals surface area contributed by atoms with Gasteiger partial charge < -0.3 is 10.8 Å². The lowest BCUT2D eigenvalue weighted by Gasteiger charge is -2.11. The van der Waals surface area contributed by atoms with Crippen molar-refractivity contribution in [2.24, 2.45) is 0 Å². The molecule has 3 N–H and O–H groups in total. The van der Waals surface area contributed by atoms with Crippen LogP contribution in [0.25, 0.3) is 0 Å². The molecule has 1 aromatic carbocycles. The van der Waals surface area contributed by atoms with E-state index in [2.05, 4.69) is 13.8 Å². The molecule has 4 heteroatoms. The topological polar surface area (TPSA) is 63.3 Å². The number of hydrogen-bond acceptors (Lipinski definition) is 3. The number of nitrogens with two attached hydrogens (primary N) is 1. The van der Waals surface area contributed by atoms with Crippen LogP contribution in [0.5, 0.6) is 0 Å². The maximum Gasteiger partial charge on any atom is 0.336 e. The fourth-order valence-electron chi connectivity index (χ4n) is 1.11. The van der Waals surface area contributed by atoms with Crippen molar-refractivity contribution in [1.29, 1.82) is 0 Å². The molecule has 1 rings (SSSR count). The zero-order chi connectivity index (χ0) is 11.4. The molecule has 0 bridgehead atoms. The Morgan fingerprint density at radius 2 is 2.27 bits per heavy atom. The van der Waals surface area contributed by atoms with Crippen molar-refractivity contribution >= 4 is 23.4 Å². The molecule has 0 radical (unpaired) electrons. The van der Waals surface area contributed by atoms with Crippen molar-refractivity contribution < 1.29 is 9.90 Å². The van der Waals surface area contributed by atoms with Gasteiger partial charge in [-0.15, -0.1) is 11.8 Å². The van der Waals surface area contributed by atoms with Gasteiger partial charge in [0, 0.05) is 15.8 Å². The van der Waals surface area contributed by atoms with Crippen LogP contribution in [-0.2, 0) is 0 Å². The van der Waals surface area contributed by atoms with Gasteiger partial charge in [-0.2, -0.15) is 0 Å². The molecule has 0 amide bonds. The first kappa shape index (κ1) is 11.9. The lowest BCUT2D eigenvalue weighted by molar-refractivity contribution is 0.0693. The minimum Gasteiger partial charge on any atom is -0.478 e. The monoisotopic (exact) mass is 225 g/mol. The quantitative estimate of drug-likeness (QED) is 0.611. The van der Waals surface area contributed by atoms with Crippen LogP contribution in [0.15, 0.2) is 23.1 Å². The Balaban J connectivity index is 3.02. The summed E-state index contributed by atoms with van der Waals surface area (Å²) < 4.78 is 0. The molecule has 3 nitrogen and oxygen atoms in total. The molecule has 15 heavy (non-hydrogen) atoms. The second-order valence-corrected chi connectivity index (χ2v) is 4.88. The molecular weight excluding hydrogens is 210 g/mol. The SMILES string of the molecule is CCC(C)Sc1cc(N)ccc1C(=O)O. The third-order valence-corrected chi connectivity index (χ3v) is 3.47. The Morgan fingerprint density at radius 3 is 2.80 bits per heavy atom. The first-order chi connectivity index (χ1) is 7.04. The molecule has 0 spiro atoms. The minimum atomic E-state index is -0.902. The summed E-state index contributed by atoms with van der Waals surface area (Å²) in [4.78, 5) is 11.7. The number of benzene rings is 1. The highest BCUT2D eigenvalue weighted by Crippen LogP contribution is 2.30.